The second-order valence-corrected chi connectivity index (χ2v) is 9.85. The number of sulfonamides is 1. The van der Waals surface area contributed by atoms with Gasteiger partial charge in [0.05, 0.1) is 11.4 Å². The Labute approximate surface area is 129 Å². The van der Waals surface area contributed by atoms with Crippen LogP contribution in [0.5, 0.6) is 0 Å². The van der Waals surface area contributed by atoms with Gasteiger partial charge in [-0.25, -0.2) is 13.1 Å². The van der Waals surface area contributed by atoms with Crippen LogP contribution in [0.4, 0.5) is 0 Å². The Balaban J connectivity index is 1.81. The molecule has 2 aliphatic rings. The van der Waals surface area contributed by atoms with Crippen molar-refractivity contribution >= 4 is 10.0 Å². The first kappa shape index (κ1) is 17.2. The lowest BCUT2D eigenvalue weighted by Crippen LogP contribution is -2.47. The lowest BCUT2D eigenvalue weighted by Gasteiger charge is -2.40. The molecule has 124 valence electrons. The molecule has 5 heteroatoms. The highest BCUT2D eigenvalue weighted by molar-refractivity contribution is 7.89. The van der Waals surface area contributed by atoms with Crippen molar-refractivity contribution in [3.05, 3.63) is 0 Å². The van der Waals surface area contributed by atoms with Crippen LogP contribution in [0.2, 0.25) is 0 Å². The van der Waals surface area contributed by atoms with Gasteiger partial charge in [0.15, 0.2) is 0 Å². The summed E-state index contributed by atoms with van der Waals surface area (Å²) >= 11 is 0. The maximum Gasteiger partial charge on any atom is 0.211 e. The summed E-state index contributed by atoms with van der Waals surface area (Å²) < 4.78 is 27.0. The summed E-state index contributed by atoms with van der Waals surface area (Å²) in [6.07, 6.45) is 8.87. The average Bonchev–Trinajstić information content (AvgIpc) is 2.42. The highest BCUT2D eigenvalue weighted by Gasteiger charge is 2.37. The van der Waals surface area contributed by atoms with Crippen LogP contribution in [0.15, 0.2) is 0 Å². The van der Waals surface area contributed by atoms with Crippen LogP contribution >= 0.6 is 0 Å². The molecular formula is C16H31NO3S. The molecule has 4 nitrogen and oxygen atoms in total. The van der Waals surface area contributed by atoms with Crippen molar-refractivity contribution in [3.63, 3.8) is 0 Å². The van der Waals surface area contributed by atoms with Gasteiger partial charge in [0.1, 0.15) is 0 Å². The summed E-state index contributed by atoms with van der Waals surface area (Å²) in [5, 5.41) is 10.5. The molecule has 0 heterocycles. The van der Waals surface area contributed by atoms with Gasteiger partial charge in [-0.15, -0.1) is 0 Å². The molecule has 21 heavy (non-hydrogen) atoms. The third-order valence-electron chi connectivity index (χ3n) is 5.34. The SMILES string of the molecule is CC1(C)CCC(O)(CNS(=O)(=O)CC2CCCCC2)CC1. The minimum Gasteiger partial charge on any atom is -0.389 e. The van der Waals surface area contributed by atoms with Crippen LogP contribution in [-0.2, 0) is 10.0 Å². The van der Waals surface area contributed by atoms with Crippen LogP contribution in [0.3, 0.4) is 0 Å². The molecule has 2 N–H and O–H groups in total. The molecule has 0 saturated heterocycles. The molecule has 0 aliphatic heterocycles. The molecule has 2 saturated carbocycles. The first-order valence-corrected chi connectivity index (χ1v) is 10.0. The van der Waals surface area contributed by atoms with Gasteiger partial charge in [-0.1, -0.05) is 33.1 Å². The Kier molecular flexibility index (Phi) is 5.37. The van der Waals surface area contributed by atoms with Gasteiger partial charge in [-0.2, -0.15) is 0 Å². The second kappa shape index (κ2) is 6.55. The fraction of sp³-hybridized carbons (Fsp3) is 1.00. The largest absolute Gasteiger partial charge is 0.389 e. The van der Waals surface area contributed by atoms with Crippen LogP contribution in [0, 0.1) is 11.3 Å². The molecule has 0 atom stereocenters. The summed E-state index contributed by atoms with van der Waals surface area (Å²) in [5.74, 6) is 0.533. The Bertz CT molecular complexity index is 428. The van der Waals surface area contributed by atoms with Gasteiger partial charge < -0.3 is 5.11 Å². The fourth-order valence-electron chi connectivity index (χ4n) is 3.54. The van der Waals surface area contributed by atoms with Gasteiger partial charge in [0.2, 0.25) is 10.0 Å². The van der Waals surface area contributed by atoms with Crippen molar-refractivity contribution in [3.8, 4) is 0 Å². The number of nitrogens with one attached hydrogen (secondary N) is 1. The van der Waals surface area contributed by atoms with E-state index in [1.54, 1.807) is 0 Å². The molecule has 0 bridgehead atoms. The summed E-state index contributed by atoms with van der Waals surface area (Å²) in [5.41, 5.74) is -0.581. The molecule has 0 aromatic rings. The summed E-state index contributed by atoms with van der Waals surface area (Å²) in [6.45, 7) is 4.60. The molecule has 2 rings (SSSR count). The van der Waals surface area contributed by atoms with Crippen molar-refractivity contribution in [2.45, 2.75) is 77.2 Å². The van der Waals surface area contributed by atoms with E-state index in [0.717, 1.165) is 38.5 Å². The van der Waals surface area contributed by atoms with Gasteiger partial charge in [0, 0.05) is 6.54 Å². The third-order valence-corrected chi connectivity index (χ3v) is 6.83. The van der Waals surface area contributed by atoms with Crippen molar-refractivity contribution in [1.82, 2.24) is 4.72 Å². The molecule has 2 fully saturated rings. The Morgan fingerprint density at radius 3 is 2.19 bits per heavy atom. The van der Waals surface area contributed by atoms with Crippen molar-refractivity contribution < 1.29 is 13.5 Å². The Morgan fingerprint density at radius 2 is 1.62 bits per heavy atom. The highest BCUT2D eigenvalue weighted by atomic mass is 32.2. The van der Waals surface area contributed by atoms with Gasteiger partial charge in [-0.3, -0.25) is 0 Å². The molecule has 2 aliphatic carbocycles. The van der Waals surface area contributed by atoms with Crippen LogP contribution < -0.4 is 4.72 Å². The lowest BCUT2D eigenvalue weighted by atomic mass is 9.71. The van der Waals surface area contributed by atoms with Gasteiger partial charge >= 0.3 is 0 Å². The predicted molar refractivity (Wildman–Crippen MR) is 85.6 cm³/mol. The lowest BCUT2D eigenvalue weighted by molar-refractivity contribution is -0.0206. The zero-order chi connectivity index (χ0) is 15.6. The van der Waals surface area contributed by atoms with Crippen LogP contribution in [0.1, 0.15) is 71.6 Å². The van der Waals surface area contributed by atoms with E-state index in [-0.39, 0.29) is 17.7 Å². The molecule has 0 radical (unpaired) electrons. The second-order valence-electron chi connectivity index (χ2n) is 8.00. The quantitative estimate of drug-likeness (QED) is 0.819. The Morgan fingerprint density at radius 1 is 1.05 bits per heavy atom. The van der Waals surface area contributed by atoms with E-state index in [2.05, 4.69) is 18.6 Å². The van der Waals surface area contributed by atoms with Crippen molar-refractivity contribution in [2.24, 2.45) is 11.3 Å². The summed E-state index contributed by atoms with van der Waals surface area (Å²) in [4.78, 5) is 0. The molecule has 0 amide bonds. The summed E-state index contributed by atoms with van der Waals surface area (Å²) in [6, 6.07) is 0. The molecule has 0 spiro atoms. The third kappa shape index (κ3) is 5.53. The van der Waals surface area contributed by atoms with E-state index in [1.165, 1.54) is 6.42 Å². The van der Waals surface area contributed by atoms with E-state index in [0.29, 0.717) is 18.8 Å². The zero-order valence-corrected chi connectivity index (χ0v) is 14.3. The van der Waals surface area contributed by atoms with E-state index >= 15 is 0 Å². The molecule has 0 aromatic carbocycles. The van der Waals surface area contributed by atoms with Gasteiger partial charge in [-0.05, 0) is 49.9 Å². The maximum atomic E-state index is 12.2. The van der Waals surface area contributed by atoms with Gasteiger partial charge in [0.25, 0.3) is 0 Å². The number of hydrogen-bond acceptors (Lipinski definition) is 3. The predicted octanol–water partition coefficient (Wildman–Crippen LogP) is 2.82. The van der Waals surface area contributed by atoms with Crippen molar-refractivity contribution in [1.29, 1.82) is 0 Å². The molecule has 0 aromatic heterocycles. The van der Waals surface area contributed by atoms with E-state index in [1.807, 2.05) is 0 Å². The standard InChI is InChI=1S/C16H31NO3S/c1-15(2)8-10-16(18,11-9-15)13-17-21(19,20)12-14-6-4-3-5-7-14/h14,17-18H,3-13H2,1-2H3. The highest BCUT2D eigenvalue weighted by Crippen LogP contribution is 2.39. The Hall–Kier alpha value is -0.130. The topological polar surface area (TPSA) is 66.4 Å². The van der Waals surface area contributed by atoms with Crippen LogP contribution in [-0.4, -0.2) is 31.4 Å². The fourth-order valence-corrected chi connectivity index (χ4v) is 5.10. The monoisotopic (exact) mass is 317 g/mol. The smallest absolute Gasteiger partial charge is 0.211 e. The maximum absolute atomic E-state index is 12.2. The normalized spacial score (nSPS) is 26.6. The number of aliphatic hydroxyl groups is 1. The number of rotatable bonds is 5. The molecule has 0 unspecified atom stereocenters. The van der Waals surface area contributed by atoms with E-state index in [9.17, 15) is 13.5 Å². The summed E-state index contributed by atoms with van der Waals surface area (Å²) in [7, 11) is -3.26. The first-order chi connectivity index (χ1) is 9.70. The minimum atomic E-state index is -3.26. The number of hydrogen-bond donors (Lipinski definition) is 2. The van der Waals surface area contributed by atoms with E-state index < -0.39 is 15.6 Å². The average molecular weight is 317 g/mol. The van der Waals surface area contributed by atoms with Crippen molar-refractivity contribution in [2.75, 3.05) is 12.3 Å². The van der Waals surface area contributed by atoms with E-state index in [4.69, 9.17) is 0 Å². The first-order valence-electron chi connectivity index (χ1n) is 8.40. The minimum absolute atomic E-state index is 0.179. The van der Waals surface area contributed by atoms with Crippen LogP contribution in [0.25, 0.3) is 0 Å². The molecular weight excluding hydrogens is 286 g/mol. The zero-order valence-electron chi connectivity index (χ0n) is 13.5.